The monoisotopic (exact) mass is 313 g/mol. The van der Waals surface area contributed by atoms with Crippen LogP contribution < -0.4 is 15.0 Å². The van der Waals surface area contributed by atoms with Gasteiger partial charge in [0.25, 0.3) is 5.91 Å². The van der Waals surface area contributed by atoms with Crippen LogP contribution in [0, 0.1) is 0 Å². The molecule has 5 nitrogen and oxygen atoms in total. The summed E-state index contributed by atoms with van der Waals surface area (Å²) in [5.74, 6) is 1.56. The largest absolute Gasteiger partial charge is 0.457 e. The van der Waals surface area contributed by atoms with E-state index in [1.54, 1.807) is 0 Å². The van der Waals surface area contributed by atoms with E-state index < -0.39 is 0 Å². The van der Waals surface area contributed by atoms with E-state index >= 15 is 0 Å². The fraction of sp³-hybridized carbons (Fsp3) is 0.278. The molecule has 1 fully saturated rings. The molecular weight excluding hydrogens is 292 g/mol. The lowest BCUT2D eigenvalue weighted by molar-refractivity contribution is -0.899. The van der Waals surface area contributed by atoms with Gasteiger partial charge in [0.2, 0.25) is 0 Å². The van der Waals surface area contributed by atoms with E-state index in [0.717, 1.165) is 43.5 Å². The van der Waals surface area contributed by atoms with E-state index in [1.807, 2.05) is 54.6 Å². The van der Waals surface area contributed by atoms with Crippen molar-refractivity contribution in [1.29, 1.82) is 0 Å². The molecule has 1 heterocycles. The number of amides is 1. The van der Waals surface area contributed by atoms with E-state index in [-0.39, 0.29) is 5.91 Å². The van der Waals surface area contributed by atoms with Crippen molar-refractivity contribution in [2.45, 2.75) is 0 Å². The molecule has 23 heavy (non-hydrogen) atoms. The third kappa shape index (κ3) is 4.81. The minimum absolute atomic E-state index is 0.0265. The molecule has 120 valence electrons. The zero-order valence-electron chi connectivity index (χ0n) is 13.0. The highest BCUT2D eigenvalue weighted by molar-refractivity contribution is 5.91. The summed E-state index contributed by atoms with van der Waals surface area (Å²) in [5, 5.41) is 2.92. The first kappa shape index (κ1) is 15.5. The second-order valence-corrected chi connectivity index (χ2v) is 5.53. The van der Waals surface area contributed by atoms with Crippen LogP contribution in [0.5, 0.6) is 11.5 Å². The van der Waals surface area contributed by atoms with Crippen molar-refractivity contribution in [3.05, 3.63) is 54.6 Å². The lowest BCUT2D eigenvalue weighted by Gasteiger charge is -2.23. The van der Waals surface area contributed by atoms with E-state index in [2.05, 4.69) is 5.32 Å². The smallest absolute Gasteiger partial charge is 0.279 e. The summed E-state index contributed by atoms with van der Waals surface area (Å²) in [4.78, 5) is 13.3. The number of rotatable bonds is 5. The Bertz CT molecular complexity index is 622. The predicted octanol–water partition coefficient (Wildman–Crippen LogP) is 1.33. The molecule has 0 aliphatic carbocycles. The molecule has 1 aliphatic rings. The van der Waals surface area contributed by atoms with Crippen molar-refractivity contribution in [3.63, 3.8) is 0 Å². The molecule has 5 heteroatoms. The van der Waals surface area contributed by atoms with Gasteiger partial charge in [-0.1, -0.05) is 18.2 Å². The number of hydrogen-bond acceptors (Lipinski definition) is 3. The molecule has 0 aromatic heterocycles. The third-order valence-electron chi connectivity index (χ3n) is 3.73. The summed E-state index contributed by atoms with van der Waals surface area (Å²) in [6.45, 7) is 3.71. The number of carbonyl (C=O) groups is 1. The third-order valence-corrected chi connectivity index (χ3v) is 3.73. The molecule has 1 aliphatic heterocycles. The Hall–Kier alpha value is -2.37. The average molecular weight is 313 g/mol. The van der Waals surface area contributed by atoms with Gasteiger partial charge in [0.1, 0.15) is 24.6 Å². The summed E-state index contributed by atoms with van der Waals surface area (Å²) in [6.07, 6.45) is 0. The van der Waals surface area contributed by atoms with Crippen LogP contribution in [0.4, 0.5) is 5.69 Å². The number of anilines is 1. The standard InChI is InChI=1S/C18H20N2O3/c21-18(14-20-10-12-22-13-11-20)19-15-6-8-17(9-7-15)23-16-4-2-1-3-5-16/h1-9H,10-14H2,(H,19,21)/p+1. The van der Waals surface area contributed by atoms with Crippen LogP contribution in [0.3, 0.4) is 0 Å². The molecule has 1 amide bonds. The maximum absolute atomic E-state index is 12.1. The van der Waals surface area contributed by atoms with Crippen molar-refractivity contribution in [2.75, 3.05) is 38.2 Å². The van der Waals surface area contributed by atoms with Gasteiger partial charge in [-0.05, 0) is 36.4 Å². The molecule has 2 aromatic rings. The second kappa shape index (κ2) is 7.76. The summed E-state index contributed by atoms with van der Waals surface area (Å²) in [5.41, 5.74) is 0.781. The first-order valence-electron chi connectivity index (χ1n) is 7.84. The maximum Gasteiger partial charge on any atom is 0.279 e. The van der Waals surface area contributed by atoms with Gasteiger partial charge in [-0.15, -0.1) is 0 Å². The summed E-state index contributed by atoms with van der Waals surface area (Å²) in [6, 6.07) is 17.0. The number of carbonyl (C=O) groups excluding carboxylic acids is 1. The number of morpholine rings is 1. The highest BCUT2D eigenvalue weighted by atomic mass is 16.5. The van der Waals surface area contributed by atoms with Gasteiger partial charge in [-0.25, -0.2) is 0 Å². The van der Waals surface area contributed by atoms with Gasteiger partial charge in [0.05, 0.1) is 13.2 Å². The number of hydrogen-bond donors (Lipinski definition) is 2. The van der Waals surface area contributed by atoms with E-state index in [1.165, 1.54) is 4.90 Å². The lowest BCUT2D eigenvalue weighted by atomic mass is 10.3. The minimum atomic E-state index is 0.0265. The highest BCUT2D eigenvalue weighted by Gasteiger charge is 2.17. The zero-order valence-corrected chi connectivity index (χ0v) is 13.0. The molecule has 0 radical (unpaired) electrons. The van der Waals surface area contributed by atoms with Crippen molar-refractivity contribution in [2.24, 2.45) is 0 Å². The molecule has 0 bridgehead atoms. The van der Waals surface area contributed by atoms with Crippen LogP contribution in [0.1, 0.15) is 0 Å². The maximum atomic E-state index is 12.1. The van der Waals surface area contributed by atoms with Gasteiger partial charge in [-0.3, -0.25) is 4.79 Å². The van der Waals surface area contributed by atoms with Crippen LogP contribution in [-0.4, -0.2) is 38.8 Å². The van der Waals surface area contributed by atoms with Gasteiger partial charge in [0.15, 0.2) is 6.54 Å². The fourth-order valence-electron chi connectivity index (χ4n) is 2.50. The quantitative estimate of drug-likeness (QED) is 0.876. The molecule has 0 spiro atoms. The molecule has 3 rings (SSSR count). The Balaban J connectivity index is 1.51. The average Bonchev–Trinajstić information content (AvgIpc) is 2.58. The van der Waals surface area contributed by atoms with Gasteiger partial charge < -0.3 is 19.7 Å². The van der Waals surface area contributed by atoms with E-state index in [0.29, 0.717) is 6.54 Å². The van der Waals surface area contributed by atoms with Crippen molar-refractivity contribution in [3.8, 4) is 11.5 Å². The number of nitrogens with one attached hydrogen (secondary N) is 2. The molecule has 1 saturated heterocycles. The Labute approximate surface area is 135 Å². The van der Waals surface area contributed by atoms with Gasteiger partial charge in [-0.2, -0.15) is 0 Å². The summed E-state index contributed by atoms with van der Waals surface area (Å²) in [7, 11) is 0. The van der Waals surface area contributed by atoms with Gasteiger partial charge >= 0.3 is 0 Å². The highest BCUT2D eigenvalue weighted by Crippen LogP contribution is 2.22. The molecule has 0 unspecified atom stereocenters. The first-order valence-corrected chi connectivity index (χ1v) is 7.84. The molecule has 0 atom stereocenters. The molecular formula is C18H21N2O3+. The summed E-state index contributed by atoms with van der Waals surface area (Å²) < 4.78 is 11.0. The lowest BCUT2D eigenvalue weighted by Crippen LogP contribution is -3.15. The molecule has 2 aromatic carbocycles. The van der Waals surface area contributed by atoms with Crippen LogP contribution in [0.25, 0.3) is 0 Å². The molecule has 2 N–H and O–H groups in total. The van der Waals surface area contributed by atoms with Gasteiger partial charge in [0, 0.05) is 5.69 Å². The fourth-order valence-corrected chi connectivity index (χ4v) is 2.50. The Kier molecular flexibility index (Phi) is 5.24. The number of para-hydroxylation sites is 1. The van der Waals surface area contributed by atoms with E-state index in [4.69, 9.17) is 9.47 Å². The second-order valence-electron chi connectivity index (χ2n) is 5.53. The minimum Gasteiger partial charge on any atom is -0.457 e. The predicted molar refractivity (Wildman–Crippen MR) is 88.0 cm³/mol. The SMILES string of the molecule is O=C(C[NH+]1CCOCC1)Nc1ccc(Oc2ccccc2)cc1. The van der Waals surface area contributed by atoms with Crippen LogP contribution >= 0.6 is 0 Å². The Morgan fingerprint density at radius 3 is 2.35 bits per heavy atom. The van der Waals surface area contributed by atoms with E-state index in [9.17, 15) is 4.79 Å². The van der Waals surface area contributed by atoms with Crippen LogP contribution in [0.2, 0.25) is 0 Å². The number of ether oxygens (including phenoxy) is 2. The normalized spacial score (nSPS) is 15.1. The first-order chi connectivity index (χ1) is 11.3. The van der Waals surface area contributed by atoms with Crippen molar-refractivity contribution in [1.82, 2.24) is 0 Å². The van der Waals surface area contributed by atoms with Crippen molar-refractivity contribution >= 4 is 11.6 Å². The molecule has 0 saturated carbocycles. The van der Waals surface area contributed by atoms with Crippen LogP contribution in [0.15, 0.2) is 54.6 Å². The topological polar surface area (TPSA) is 52.0 Å². The number of benzene rings is 2. The Morgan fingerprint density at radius 2 is 1.65 bits per heavy atom. The van der Waals surface area contributed by atoms with Crippen molar-refractivity contribution < 1.29 is 19.2 Å². The van der Waals surface area contributed by atoms with Crippen LogP contribution in [-0.2, 0) is 9.53 Å². The Morgan fingerprint density at radius 1 is 1.00 bits per heavy atom. The number of quaternary nitrogens is 1. The summed E-state index contributed by atoms with van der Waals surface area (Å²) >= 11 is 0. The zero-order chi connectivity index (χ0) is 15.9.